The summed E-state index contributed by atoms with van der Waals surface area (Å²) in [6.07, 6.45) is 0.995. The van der Waals surface area contributed by atoms with E-state index in [1.54, 1.807) is 7.05 Å². The van der Waals surface area contributed by atoms with Crippen molar-refractivity contribution in [2.45, 2.75) is 26.8 Å². The summed E-state index contributed by atoms with van der Waals surface area (Å²) in [5, 5.41) is 8.18. The topological polar surface area (TPSA) is 46.1 Å². The Balaban J connectivity index is 2.05. The molecule has 118 valence electrons. The fourth-order valence-corrected chi connectivity index (χ4v) is 3.03. The summed E-state index contributed by atoms with van der Waals surface area (Å²) in [5.41, 5.74) is 5.20. The van der Waals surface area contributed by atoms with Crippen molar-refractivity contribution in [2.75, 3.05) is 7.05 Å². The van der Waals surface area contributed by atoms with Crippen LogP contribution in [-0.2, 0) is 13.0 Å². The standard InChI is InChI=1S/C19H22N4/c1-14-13-18-17(9-10-19(20)23(18)15(2)21-3)22(14)12-11-16-7-5-4-6-8-16/h4-10,13,20H,11-12H2,1-3H3. The van der Waals surface area contributed by atoms with Gasteiger partial charge in [-0.25, -0.2) is 0 Å². The number of hydrogen-bond donors (Lipinski definition) is 1. The van der Waals surface area contributed by atoms with Crippen LogP contribution in [0.25, 0.3) is 11.0 Å². The van der Waals surface area contributed by atoms with Crippen LogP contribution >= 0.6 is 0 Å². The lowest BCUT2D eigenvalue weighted by molar-refractivity contribution is 0.703. The molecule has 0 atom stereocenters. The van der Waals surface area contributed by atoms with Crippen LogP contribution in [0.5, 0.6) is 0 Å². The third kappa shape index (κ3) is 2.84. The van der Waals surface area contributed by atoms with E-state index >= 15 is 0 Å². The second-order valence-corrected chi connectivity index (χ2v) is 5.77. The van der Waals surface area contributed by atoms with E-state index in [2.05, 4.69) is 46.8 Å². The molecule has 0 unspecified atom stereocenters. The molecular formula is C19H22N4. The van der Waals surface area contributed by atoms with E-state index in [1.807, 2.05) is 29.7 Å². The third-order valence-corrected chi connectivity index (χ3v) is 4.32. The lowest BCUT2D eigenvalue weighted by Gasteiger charge is -2.11. The van der Waals surface area contributed by atoms with Crippen LogP contribution < -0.4 is 5.49 Å². The van der Waals surface area contributed by atoms with E-state index in [0.29, 0.717) is 5.49 Å². The molecule has 1 N–H and O–H groups in total. The summed E-state index contributed by atoms with van der Waals surface area (Å²) in [7, 11) is 1.76. The van der Waals surface area contributed by atoms with Crippen molar-refractivity contribution in [1.29, 1.82) is 5.41 Å². The maximum atomic E-state index is 8.18. The van der Waals surface area contributed by atoms with Crippen LogP contribution in [0.15, 0.2) is 53.5 Å². The van der Waals surface area contributed by atoms with Gasteiger partial charge in [0.15, 0.2) is 0 Å². The molecule has 0 saturated heterocycles. The van der Waals surface area contributed by atoms with Gasteiger partial charge < -0.3 is 4.57 Å². The maximum absolute atomic E-state index is 8.18. The van der Waals surface area contributed by atoms with Crippen LogP contribution in [0.2, 0.25) is 0 Å². The molecule has 0 fully saturated rings. The molecule has 0 spiro atoms. The molecule has 0 amide bonds. The molecule has 0 aliphatic rings. The monoisotopic (exact) mass is 306 g/mol. The summed E-state index contributed by atoms with van der Waals surface area (Å²) in [4.78, 5) is 4.25. The fraction of sp³-hybridized carbons (Fsp3) is 0.263. The summed E-state index contributed by atoms with van der Waals surface area (Å²) in [6, 6.07) is 16.6. The molecule has 0 aliphatic heterocycles. The highest BCUT2D eigenvalue weighted by molar-refractivity contribution is 5.92. The fourth-order valence-electron chi connectivity index (χ4n) is 3.03. The summed E-state index contributed by atoms with van der Waals surface area (Å²) in [5.74, 6) is 0.834. The molecule has 2 aromatic heterocycles. The van der Waals surface area contributed by atoms with Gasteiger partial charge in [0, 0.05) is 19.3 Å². The van der Waals surface area contributed by atoms with Gasteiger partial charge in [-0.1, -0.05) is 30.3 Å². The minimum absolute atomic E-state index is 0.459. The van der Waals surface area contributed by atoms with Gasteiger partial charge in [0.2, 0.25) is 0 Å². The third-order valence-electron chi connectivity index (χ3n) is 4.32. The predicted molar refractivity (Wildman–Crippen MR) is 95.1 cm³/mol. The van der Waals surface area contributed by atoms with Gasteiger partial charge in [-0.05, 0) is 44.0 Å². The number of aromatic nitrogens is 2. The van der Waals surface area contributed by atoms with Gasteiger partial charge >= 0.3 is 0 Å². The van der Waals surface area contributed by atoms with Crippen molar-refractivity contribution in [3.05, 3.63) is 65.3 Å². The molecule has 3 rings (SSSR count). The average Bonchev–Trinajstić information content (AvgIpc) is 2.88. The highest BCUT2D eigenvalue weighted by Gasteiger charge is 2.11. The molecule has 3 aromatic rings. The number of fused-ring (bicyclic) bond motifs is 1. The smallest absolute Gasteiger partial charge is 0.130 e. The highest BCUT2D eigenvalue weighted by atomic mass is 15.1. The van der Waals surface area contributed by atoms with Crippen LogP contribution in [0.4, 0.5) is 0 Å². The molecular weight excluding hydrogens is 284 g/mol. The largest absolute Gasteiger partial charge is 0.343 e. The molecule has 0 aliphatic carbocycles. The number of hydrogen-bond acceptors (Lipinski definition) is 2. The number of nitrogens with zero attached hydrogens (tertiary/aromatic N) is 3. The maximum Gasteiger partial charge on any atom is 0.130 e. The summed E-state index contributed by atoms with van der Waals surface area (Å²) in [6.45, 7) is 4.99. The van der Waals surface area contributed by atoms with E-state index in [9.17, 15) is 0 Å². The van der Waals surface area contributed by atoms with Crippen LogP contribution in [0.3, 0.4) is 0 Å². The Morgan fingerprint density at radius 2 is 1.83 bits per heavy atom. The zero-order valence-electron chi connectivity index (χ0n) is 13.9. The molecule has 23 heavy (non-hydrogen) atoms. The predicted octanol–water partition coefficient (Wildman–Crippen LogP) is 3.37. The molecule has 0 saturated carbocycles. The van der Waals surface area contributed by atoms with Gasteiger partial charge in [0.1, 0.15) is 11.3 Å². The Morgan fingerprint density at radius 3 is 2.52 bits per heavy atom. The zero-order chi connectivity index (χ0) is 16.4. The number of aryl methyl sites for hydroxylation is 3. The van der Waals surface area contributed by atoms with E-state index in [-0.39, 0.29) is 0 Å². The van der Waals surface area contributed by atoms with Gasteiger partial charge in [-0.15, -0.1) is 0 Å². The Kier molecular flexibility index (Phi) is 4.15. The first-order valence-electron chi connectivity index (χ1n) is 7.86. The number of pyridine rings is 1. The second kappa shape index (κ2) is 6.24. The van der Waals surface area contributed by atoms with E-state index in [4.69, 9.17) is 5.41 Å². The van der Waals surface area contributed by atoms with Crippen molar-refractivity contribution < 1.29 is 0 Å². The zero-order valence-corrected chi connectivity index (χ0v) is 13.9. The Hall–Kier alpha value is -2.62. The molecule has 2 heterocycles. The first-order chi connectivity index (χ1) is 11.1. The van der Waals surface area contributed by atoms with E-state index < -0.39 is 0 Å². The van der Waals surface area contributed by atoms with Gasteiger partial charge in [-0.3, -0.25) is 15.0 Å². The Labute approximate surface area is 136 Å². The first-order valence-corrected chi connectivity index (χ1v) is 7.86. The summed E-state index contributed by atoms with van der Waals surface area (Å²) < 4.78 is 4.22. The molecule has 0 radical (unpaired) electrons. The van der Waals surface area contributed by atoms with Gasteiger partial charge in [0.25, 0.3) is 0 Å². The van der Waals surface area contributed by atoms with Crippen LogP contribution in [0.1, 0.15) is 18.2 Å². The van der Waals surface area contributed by atoms with Crippen molar-refractivity contribution >= 4 is 16.9 Å². The lowest BCUT2D eigenvalue weighted by atomic mass is 10.1. The molecule has 0 bridgehead atoms. The molecule has 1 aromatic carbocycles. The number of benzene rings is 1. The number of nitrogens with one attached hydrogen (secondary N) is 1. The Bertz CT molecular complexity index is 914. The Morgan fingerprint density at radius 1 is 1.09 bits per heavy atom. The average molecular weight is 306 g/mol. The minimum Gasteiger partial charge on any atom is -0.343 e. The van der Waals surface area contributed by atoms with Crippen LogP contribution in [0, 0.1) is 12.3 Å². The molecule has 4 nitrogen and oxygen atoms in total. The SMILES string of the molecule is CN=C(C)n1c(=N)ccc2c1cc(C)n2CCc1ccccc1. The second-order valence-electron chi connectivity index (χ2n) is 5.77. The minimum atomic E-state index is 0.459. The van der Waals surface area contributed by atoms with Crippen molar-refractivity contribution in [2.24, 2.45) is 4.99 Å². The molecule has 4 heteroatoms. The highest BCUT2D eigenvalue weighted by Crippen LogP contribution is 2.19. The van der Waals surface area contributed by atoms with Crippen molar-refractivity contribution in [3.8, 4) is 0 Å². The van der Waals surface area contributed by atoms with E-state index in [1.165, 1.54) is 11.3 Å². The van der Waals surface area contributed by atoms with Crippen molar-refractivity contribution in [1.82, 2.24) is 9.13 Å². The van der Waals surface area contributed by atoms with Gasteiger partial charge in [-0.2, -0.15) is 0 Å². The number of aliphatic imine (C=N–C) groups is 1. The normalized spacial score (nSPS) is 12.0. The summed E-state index contributed by atoms with van der Waals surface area (Å²) >= 11 is 0. The van der Waals surface area contributed by atoms with Crippen molar-refractivity contribution in [3.63, 3.8) is 0 Å². The number of rotatable bonds is 3. The van der Waals surface area contributed by atoms with Gasteiger partial charge in [0.05, 0.1) is 11.0 Å². The lowest BCUT2D eigenvalue weighted by Crippen LogP contribution is -2.24. The first kappa shape index (κ1) is 15.3. The van der Waals surface area contributed by atoms with E-state index in [0.717, 1.165) is 29.8 Å². The van der Waals surface area contributed by atoms with Crippen LogP contribution in [-0.4, -0.2) is 22.0 Å². The quantitative estimate of drug-likeness (QED) is 0.570.